The van der Waals surface area contributed by atoms with Crippen LogP contribution in [0.3, 0.4) is 0 Å². The molecule has 16 heavy (non-hydrogen) atoms. The molecular weight excluding hydrogens is 194 g/mol. The second-order valence-corrected chi connectivity index (χ2v) is 5.23. The van der Waals surface area contributed by atoms with E-state index in [1.807, 2.05) is 0 Å². The van der Waals surface area contributed by atoms with E-state index in [0.29, 0.717) is 6.04 Å². The van der Waals surface area contributed by atoms with E-state index in [4.69, 9.17) is 0 Å². The van der Waals surface area contributed by atoms with Crippen molar-refractivity contribution in [1.82, 2.24) is 5.32 Å². The lowest BCUT2D eigenvalue weighted by Crippen LogP contribution is -2.27. The van der Waals surface area contributed by atoms with Gasteiger partial charge in [0.25, 0.3) is 0 Å². The quantitative estimate of drug-likeness (QED) is 0.800. The highest BCUT2D eigenvalue weighted by Crippen LogP contribution is 2.36. The van der Waals surface area contributed by atoms with Crippen molar-refractivity contribution in [3.05, 3.63) is 34.4 Å². The Morgan fingerprint density at radius 2 is 1.69 bits per heavy atom. The molecule has 1 aromatic rings. The minimum Gasteiger partial charge on any atom is -0.316 e. The maximum Gasteiger partial charge on any atom is 0.0133 e. The molecule has 0 radical (unpaired) electrons. The minimum atomic E-state index is 0.681. The molecule has 0 saturated heterocycles. The summed E-state index contributed by atoms with van der Waals surface area (Å²) in [6, 6.07) is 5.43. The van der Waals surface area contributed by atoms with Gasteiger partial charge in [-0.05, 0) is 68.8 Å². The molecule has 1 aliphatic carbocycles. The molecule has 0 spiro atoms. The maximum atomic E-state index is 3.47. The van der Waals surface area contributed by atoms with E-state index in [9.17, 15) is 0 Å². The number of aryl methyl sites for hydroxylation is 3. The van der Waals surface area contributed by atoms with Gasteiger partial charge in [-0.25, -0.2) is 0 Å². The van der Waals surface area contributed by atoms with Crippen molar-refractivity contribution in [3.63, 3.8) is 0 Å². The molecule has 0 amide bonds. The van der Waals surface area contributed by atoms with Gasteiger partial charge in [-0.3, -0.25) is 0 Å². The van der Waals surface area contributed by atoms with Crippen molar-refractivity contribution in [2.45, 2.75) is 52.0 Å². The SMILES string of the molecule is CNC1CCCC1c1cc(C)c(C)cc1C. The zero-order valence-electron chi connectivity index (χ0n) is 10.9. The van der Waals surface area contributed by atoms with Crippen LogP contribution in [0, 0.1) is 20.8 Å². The predicted octanol–water partition coefficient (Wildman–Crippen LogP) is 3.47. The van der Waals surface area contributed by atoms with Crippen LogP contribution in [0.4, 0.5) is 0 Å². The van der Waals surface area contributed by atoms with Crippen LogP contribution in [0.2, 0.25) is 0 Å². The van der Waals surface area contributed by atoms with E-state index < -0.39 is 0 Å². The van der Waals surface area contributed by atoms with Gasteiger partial charge in [0.1, 0.15) is 0 Å². The fourth-order valence-corrected chi connectivity index (χ4v) is 3.06. The number of benzene rings is 1. The fourth-order valence-electron chi connectivity index (χ4n) is 3.06. The lowest BCUT2D eigenvalue weighted by molar-refractivity contribution is 0.520. The monoisotopic (exact) mass is 217 g/mol. The van der Waals surface area contributed by atoms with Gasteiger partial charge in [0, 0.05) is 6.04 Å². The van der Waals surface area contributed by atoms with Crippen LogP contribution in [-0.2, 0) is 0 Å². The van der Waals surface area contributed by atoms with Gasteiger partial charge in [0.2, 0.25) is 0 Å². The number of likely N-dealkylation sites (N-methyl/N-ethyl adjacent to an activating group) is 1. The molecule has 1 heteroatoms. The van der Waals surface area contributed by atoms with Crippen LogP contribution in [0.1, 0.15) is 47.4 Å². The number of rotatable bonds is 2. The molecule has 0 aromatic heterocycles. The molecule has 1 saturated carbocycles. The van der Waals surface area contributed by atoms with Crippen molar-refractivity contribution in [2.24, 2.45) is 0 Å². The van der Waals surface area contributed by atoms with Crippen molar-refractivity contribution in [1.29, 1.82) is 0 Å². The van der Waals surface area contributed by atoms with E-state index in [1.54, 1.807) is 5.56 Å². The highest BCUT2D eigenvalue weighted by molar-refractivity contribution is 5.39. The van der Waals surface area contributed by atoms with Crippen LogP contribution in [0.5, 0.6) is 0 Å². The smallest absolute Gasteiger partial charge is 0.0133 e. The van der Waals surface area contributed by atoms with Crippen molar-refractivity contribution >= 4 is 0 Å². The number of hydrogen-bond acceptors (Lipinski definition) is 1. The first kappa shape index (κ1) is 11.7. The van der Waals surface area contributed by atoms with Crippen molar-refractivity contribution in [3.8, 4) is 0 Å². The molecule has 0 heterocycles. The number of hydrogen-bond donors (Lipinski definition) is 1. The average Bonchev–Trinajstić information content (AvgIpc) is 2.71. The fraction of sp³-hybridized carbons (Fsp3) is 0.600. The normalized spacial score (nSPS) is 25.0. The van der Waals surface area contributed by atoms with E-state index >= 15 is 0 Å². The van der Waals surface area contributed by atoms with E-state index in [2.05, 4.69) is 45.3 Å². The molecule has 1 fully saturated rings. The summed E-state index contributed by atoms with van der Waals surface area (Å²) in [6.45, 7) is 6.69. The Bertz CT molecular complexity index is 381. The van der Waals surface area contributed by atoms with E-state index in [1.165, 1.54) is 36.0 Å². The first-order valence-corrected chi connectivity index (χ1v) is 6.38. The molecule has 1 nitrogen and oxygen atoms in total. The number of nitrogens with one attached hydrogen (secondary N) is 1. The third-order valence-corrected chi connectivity index (χ3v) is 4.17. The highest BCUT2D eigenvalue weighted by atomic mass is 14.9. The van der Waals surface area contributed by atoms with Gasteiger partial charge in [0.15, 0.2) is 0 Å². The van der Waals surface area contributed by atoms with Crippen LogP contribution < -0.4 is 5.32 Å². The van der Waals surface area contributed by atoms with Gasteiger partial charge in [0.05, 0.1) is 0 Å². The molecule has 2 atom stereocenters. The molecule has 1 N–H and O–H groups in total. The van der Waals surface area contributed by atoms with Crippen LogP contribution in [0.15, 0.2) is 12.1 Å². The van der Waals surface area contributed by atoms with Gasteiger partial charge in [-0.1, -0.05) is 18.6 Å². The second-order valence-electron chi connectivity index (χ2n) is 5.23. The maximum absolute atomic E-state index is 3.47. The molecule has 2 unspecified atom stereocenters. The second kappa shape index (κ2) is 4.58. The van der Waals surface area contributed by atoms with Crippen molar-refractivity contribution < 1.29 is 0 Å². The Hall–Kier alpha value is -0.820. The molecule has 0 aliphatic heterocycles. The summed E-state index contributed by atoms with van der Waals surface area (Å²) < 4.78 is 0. The summed E-state index contributed by atoms with van der Waals surface area (Å²) in [5.74, 6) is 0.726. The molecule has 88 valence electrons. The van der Waals surface area contributed by atoms with Crippen LogP contribution in [-0.4, -0.2) is 13.1 Å². The Morgan fingerprint density at radius 1 is 1.00 bits per heavy atom. The molecule has 1 aliphatic rings. The van der Waals surface area contributed by atoms with Crippen LogP contribution in [0.25, 0.3) is 0 Å². The summed E-state index contributed by atoms with van der Waals surface area (Å²) in [5.41, 5.74) is 5.89. The zero-order chi connectivity index (χ0) is 11.7. The summed E-state index contributed by atoms with van der Waals surface area (Å²) in [4.78, 5) is 0. The predicted molar refractivity (Wildman–Crippen MR) is 70.1 cm³/mol. The third kappa shape index (κ3) is 2.01. The third-order valence-electron chi connectivity index (χ3n) is 4.17. The Morgan fingerprint density at radius 3 is 2.38 bits per heavy atom. The lowest BCUT2D eigenvalue weighted by Gasteiger charge is -2.22. The van der Waals surface area contributed by atoms with E-state index in [0.717, 1.165) is 5.92 Å². The van der Waals surface area contributed by atoms with E-state index in [-0.39, 0.29) is 0 Å². The van der Waals surface area contributed by atoms with Gasteiger partial charge >= 0.3 is 0 Å². The first-order valence-electron chi connectivity index (χ1n) is 6.38. The molecule has 1 aromatic carbocycles. The van der Waals surface area contributed by atoms with Crippen molar-refractivity contribution in [2.75, 3.05) is 7.05 Å². The van der Waals surface area contributed by atoms with Gasteiger partial charge in [-0.2, -0.15) is 0 Å². The summed E-state index contributed by atoms with van der Waals surface area (Å²) >= 11 is 0. The molecular formula is C15H23N. The lowest BCUT2D eigenvalue weighted by atomic mass is 9.88. The molecule has 0 bridgehead atoms. The standard InChI is InChI=1S/C15H23N/c1-10-8-12(3)14(9-11(10)2)13-6-5-7-15(13)16-4/h8-9,13,15-16H,5-7H2,1-4H3. The highest BCUT2D eigenvalue weighted by Gasteiger charge is 2.28. The molecule has 2 rings (SSSR count). The minimum absolute atomic E-state index is 0.681. The Balaban J connectivity index is 2.36. The summed E-state index contributed by atoms with van der Waals surface area (Å²) in [7, 11) is 2.10. The van der Waals surface area contributed by atoms with Crippen LogP contribution >= 0.6 is 0 Å². The Kier molecular flexibility index (Phi) is 3.34. The Labute approximate surface area is 99.3 Å². The van der Waals surface area contributed by atoms with Gasteiger partial charge < -0.3 is 5.32 Å². The average molecular weight is 217 g/mol. The first-order chi connectivity index (χ1) is 7.63. The summed E-state index contributed by atoms with van der Waals surface area (Å²) in [5, 5.41) is 3.47. The topological polar surface area (TPSA) is 12.0 Å². The van der Waals surface area contributed by atoms with Gasteiger partial charge in [-0.15, -0.1) is 0 Å². The largest absolute Gasteiger partial charge is 0.316 e. The zero-order valence-corrected chi connectivity index (χ0v) is 10.9. The summed E-state index contributed by atoms with van der Waals surface area (Å²) in [6.07, 6.45) is 4.03.